The summed E-state index contributed by atoms with van der Waals surface area (Å²) in [7, 11) is 0. The van der Waals surface area contributed by atoms with Crippen molar-refractivity contribution in [3.05, 3.63) is 52.0 Å². The summed E-state index contributed by atoms with van der Waals surface area (Å²) in [5.74, 6) is 0.190. The van der Waals surface area contributed by atoms with Crippen molar-refractivity contribution in [1.29, 1.82) is 0 Å². The van der Waals surface area contributed by atoms with Gasteiger partial charge in [0.05, 0.1) is 6.54 Å². The van der Waals surface area contributed by atoms with Crippen LogP contribution in [-0.2, 0) is 6.54 Å². The van der Waals surface area contributed by atoms with Gasteiger partial charge in [0.15, 0.2) is 0 Å². The van der Waals surface area contributed by atoms with E-state index in [0.717, 1.165) is 15.9 Å². The van der Waals surface area contributed by atoms with Crippen LogP contribution in [0.2, 0.25) is 0 Å². The van der Waals surface area contributed by atoms with Crippen LogP contribution >= 0.6 is 12.2 Å². The van der Waals surface area contributed by atoms with Gasteiger partial charge in [-0.3, -0.25) is 4.68 Å². The van der Waals surface area contributed by atoms with Gasteiger partial charge in [0.1, 0.15) is 10.5 Å². The van der Waals surface area contributed by atoms with Crippen molar-refractivity contribution in [2.45, 2.75) is 26.3 Å². The molecule has 0 amide bonds. The molecule has 2 nitrogen and oxygen atoms in total. The quantitative estimate of drug-likeness (QED) is 0.820. The van der Waals surface area contributed by atoms with E-state index in [-0.39, 0.29) is 5.82 Å². The predicted molar refractivity (Wildman–Crippen MR) is 69.2 cm³/mol. The zero-order valence-electron chi connectivity index (χ0n) is 9.90. The van der Waals surface area contributed by atoms with Crippen LogP contribution in [0.3, 0.4) is 0 Å². The fraction of sp³-hybridized carbons (Fsp3) is 0.308. The average molecular weight is 250 g/mol. The highest BCUT2D eigenvalue weighted by molar-refractivity contribution is 7.71. The molecule has 0 bridgehead atoms. The Morgan fingerprint density at radius 2 is 2.12 bits per heavy atom. The number of aromatic amines is 1. The minimum absolute atomic E-state index is 0.218. The van der Waals surface area contributed by atoms with Crippen LogP contribution < -0.4 is 0 Å². The first-order chi connectivity index (χ1) is 8.06. The maximum Gasteiger partial charge on any atom is 0.123 e. The molecule has 0 aliphatic carbocycles. The van der Waals surface area contributed by atoms with Crippen molar-refractivity contribution in [3.8, 4) is 0 Å². The van der Waals surface area contributed by atoms with E-state index in [9.17, 15) is 4.39 Å². The summed E-state index contributed by atoms with van der Waals surface area (Å²) < 4.78 is 15.7. The molecule has 1 aromatic carbocycles. The zero-order chi connectivity index (χ0) is 12.4. The van der Waals surface area contributed by atoms with Crippen LogP contribution in [0, 0.1) is 10.5 Å². The third-order valence-electron chi connectivity index (χ3n) is 2.66. The van der Waals surface area contributed by atoms with Gasteiger partial charge in [-0.05, 0) is 29.7 Å². The van der Waals surface area contributed by atoms with E-state index in [4.69, 9.17) is 12.2 Å². The van der Waals surface area contributed by atoms with Gasteiger partial charge in [-0.1, -0.05) is 38.2 Å². The Hall–Kier alpha value is -1.42. The summed E-state index contributed by atoms with van der Waals surface area (Å²) >= 11 is 5.26. The van der Waals surface area contributed by atoms with Gasteiger partial charge in [-0.25, -0.2) is 4.39 Å². The minimum atomic E-state index is -0.218. The third-order valence-corrected chi connectivity index (χ3v) is 3.00. The lowest BCUT2D eigenvalue weighted by molar-refractivity contribution is 0.615. The number of H-pyrrole nitrogens is 1. The number of aromatic nitrogens is 2. The fourth-order valence-corrected chi connectivity index (χ4v) is 1.92. The van der Waals surface area contributed by atoms with Crippen molar-refractivity contribution in [2.24, 2.45) is 0 Å². The van der Waals surface area contributed by atoms with Crippen LogP contribution in [0.15, 0.2) is 30.3 Å². The highest BCUT2D eigenvalue weighted by Crippen LogP contribution is 2.13. The Labute approximate surface area is 105 Å². The number of halogens is 1. The van der Waals surface area contributed by atoms with E-state index >= 15 is 0 Å². The van der Waals surface area contributed by atoms with Gasteiger partial charge in [0.25, 0.3) is 0 Å². The maximum atomic E-state index is 13.1. The molecule has 1 aromatic heterocycles. The van der Waals surface area contributed by atoms with Crippen LogP contribution in [-0.4, -0.2) is 9.78 Å². The molecule has 0 radical (unpaired) electrons. The molecule has 2 aromatic rings. The second kappa shape index (κ2) is 4.84. The van der Waals surface area contributed by atoms with E-state index in [2.05, 4.69) is 18.9 Å². The Balaban J connectivity index is 2.27. The number of benzene rings is 1. The molecule has 0 aliphatic heterocycles. The molecule has 0 unspecified atom stereocenters. The molecule has 1 N–H and O–H groups in total. The first-order valence-corrected chi connectivity index (χ1v) is 6.01. The van der Waals surface area contributed by atoms with Crippen LogP contribution in [0.25, 0.3) is 0 Å². The number of nitrogens with one attached hydrogen (secondary N) is 1. The first-order valence-electron chi connectivity index (χ1n) is 5.60. The minimum Gasteiger partial charge on any atom is -0.301 e. The Morgan fingerprint density at radius 3 is 2.71 bits per heavy atom. The van der Waals surface area contributed by atoms with Crippen molar-refractivity contribution in [1.82, 2.24) is 9.78 Å². The van der Waals surface area contributed by atoms with Crippen molar-refractivity contribution in [3.63, 3.8) is 0 Å². The summed E-state index contributed by atoms with van der Waals surface area (Å²) in [5.41, 5.74) is 2.00. The molecular weight excluding hydrogens is 235 g/mol. The van der Waals surface area contributed by atoms with Crippen molar-refractivity contribution < 1.29 is 4.39 Å². The largest absolute Gasteiger partial charge is 0.301 e. The molecule has 0 fully saturated rings. The molecule has 0 saturated carbocycles. The second-order valence-electron chi connectivity index (χ2n) is 4.42. The highest BCUT2D eigenvalue weighted by Gasteiger charge is 2.05. The topological polar surface area (TPSA) is 20.7 Å². The van der Waals surface area contributed by atoms with E-state index in [1.807, 2.05) is 16.8 Å². The number of hydrogen-bond acceptors (Lipinski definition) is 1. The summed E-state index contributed by atoms with van der Waals surface area (Å²) in [6, 6.07) is 8.52. The van der Waals surface area contributed by atoms with Crippen molar-refractivity contribution >= 4 is 12.2 Å². The van der Waals surface area contributed by atoms with Gasteiger partial charge >= 0.3 is 0 Å². The molecule has 0 atom stereocenters. The zero-order valence-corrected chi connectivity index (χ0v) is 10.7. The highest BCUT2D eigenvalue weighted by atomic mass is 32.1. The Bertz CT molecular complexity index is 569. The van der Waals surface area contributed by atoms with Crippen LogP contribution in [0.5, 0.6) is 0 Å². The molecule has 0 spiro atoms. The summed E-state index contributed by atoms with van der Waals surface area (Å²) in [6.45, 7) is 4.78. The SMILES string of the molecule is CC(C)c1cc(=S)n(Cc2cccc(F)c2)[nH]1. The van der Waals surface area contributed by atoms with Crippen molar-refractivity contribution in [2.75, 3.05) is 0 Å². The van der Waals surface area contributed by atoms with E-state index in [1.54, 1.807) is 6.07 Å². The average Bonchev–Trinajstić information content (AvgIpc) is 2.61. The molecule has 0 aliphatic rings. The molecule has 4 heteroatoms. The number of nitrogens with zero attached hydrogens (tertiary/aromatic N) is 1. The van der Waals surface area contributed by atoms with Gasteiger partial charge in [-0.2, -0.15) is 0 Å². The number of hydrogen-bond donors (Lipinski definition) is 1. The number of rotatable bonds is 3. The Kier molecular flexibility index (Phi) is 3.43. The lowest BCUT2D eigenvalue weighted by Gasteiger charge is -2.05. The van der Waals surface area contributed by atoms with E-state index < -0.39 is 0 Å². The molecule has 0 saturated heterocycles. The maximum absolute atomic E-state index is 13.1. The predicted octanol–water partition coefficient (Wildman–Crippen LogP) is 3.86. The van der Waals surface area contributed by atoms with E-state index in [1.165, 1.54) is 12.1 Å². The molecule has 90 valence electrons. The van der Waals surface area contributed by atoms with Gasteiger partial charge in [0, 0.05) is 5.69 Å². The molecule has 2 rings (SSSR count). The second-order valence-corrected chi connectivity index (χ2v) is 4.84. The standard InChI is InChI=1S/C13H15FN2S/c1-9(2)12-7-13(17)16(15-12)8-10-4-3-5-11(14)6-10/h3-7,9,15H,8H2,1-2H3. The summed E-state index contributed by atoms with van der Waals surface area (Å²) in [6.07, 6.45) is 0. The van der Waals surface area contributed by atoms with Gasteiger partial charge in [0.2, 0.25) is 0 Å². The third kappa shape index (κ3) is 2.82. The van der Waals surface area contributed by atoms with Crippen LogP contribution in [0.4, 0.5) is 4.39 Å². The monoisotopic (exact) mass is 250 g/mol. The molecule has 1 heterocycles. The first kappa shape index (κ1) is 12.0. The summed E-state index contributed by atoms with van der Waals surface area (Å²) in [5, 5.41) is 3.24. The summed E-state index contributed by atoms with van der Waals surface area (Å²) in [4.78, 5) is 0. The van der Waals surface area contributed by atoms with E-state index in [0.29, 0.717) is 12.5 Å². The lowest BCUT2D eigenvalue weighted by atomic mass is 10.1. The van der Waals surface area contributed by atoms with Gasteiger partial charge < -0.3 is 5.10 Å². The smallest absolute Gasteiger partial charge is 0.123 e. The lowest BCUT2D eigenvalue weighted by Crippen LogP contribution is -2.03. The Morgan fingerprint density at radius 1 is 1.35 bits per heavy atom. The normalized spacial score (nSPS) is 11.1. The van der Waals surface area contributed by atoms with Crippen LogP contribution in [0.1, 0.15) is 31.0 Å². The van der Waals surface area contributed by atoms with Gasteiger partial charge in [-0.15, -0.1) is 0 Å². The fourth-order valence-electron chi connectivity index (χ4n) is 1.69. The molecule has 17 heavy (non-hydrogen) atoms. The molecular formula is C13H15FN2S.